The number of hydrogen-bond donors (Lipinski definition) is 1. The largest absolute Gasteiger partial charge is 0.480 e. The van der Waals surface area contributed by atoms with Crippen molar-refractivity contribution < 1.29 is 24.4 Å². The van der Waals surface area contributed by atoms with Crippen molar-refractivity contribution in [3.63, 3.8) is 0 Å². The summed E-state index contributed by atoms with van der Waals surface area (Å²) < 4.78 is 5.84. The van der Waals surface area contributed by atoms with E-state index in [1.54, 1.807) is 0 Å². The number of likely N-dealkylation sites (tertiary alicyclic amines) is 1. The topological polar surface area (TPSA) is 113 Å². The summed E-state index contributed by atoms with van der Waals surface area (Å²) in [6, 6.07) is 4.25. The van der Waals surface area contributed by atoms with Crippen LogP contribution in [0.3, 0.4) is 0 Å². The van der Waals surface area contributed by atoms with Crippen molar-refractivity contribution >= 4 is 17.6 Å². The average molecular weight is 363 g/mol. The van der Waals surface area contributed by atoms with Gasteiger partial charge in [0.25, 0.3) is 11.6 Å². The lowest BCUT2D eigenvalue weighted by Gasteiger charge is -2.44. The highest BCUT2D eigenvalue weighted by Gasteiger charge is 2.54. The Bertz CT molecular complexity index is 729. The van der Waals surface area contributed by atoms with Gasteiger partial charge in [0.1, 0.15) is 5.72 Å². The summed E-state index contributed by atoms with van der Waals surface area (Å²) in [5, 5.41) is 20.5. The van der Waals surface area contributed by atoms with Gasteiger partial charge in [0, 0.05) is 43.6 Å². The number of nitrogens with zero attached hydrogens (tertiary/aromatic N) is 3. The van der Waals surface area contributed by atoms with E-state index < -0.39 is 28.6 Å². The molecule has 1 spiro atoms. The lowest BCUT2D eigenvalue weighted by atomic mass is 9.96. The zero-order valence-corrected chi connectivity index (χ0v) is 14.5. The molecule has 1 N–H and O–H groups in total. The summed E-state index contributed by atoms with van der Waals surface area (Å²) in [6.45, 7) is 4.22. The van der Waals surface area contributed by atoms with E-state index >= 15 is 0 Å². The Balaban J connectivity index is 1.94. The lowest BCUT2D eigenvalue weighted by Crippen LogP contribution is -2.58. The number of nitro benzene ring substituents is 1. The van der Waals surface area contributed by atoms with E-state index in [0.29, 0.717) is 25.9 Å². The van der Waals surface area contributed by atoms with Gasteiger partial charge in [-0.15, -0.1) is 0 Å². The summed E-state index contributed by atoms with van der Waals surface area (Å²) in [7, 11) is 0. The Hall–Kier alpha value is -2.52. The number of carbonyl (C=O) groups is 2. The third-order valence-corrected chi connectivity index (χ3v) is 5.15. The average Bonchev–Trinajstić information content (AvgIpc) is 3.01. The number of carboxylic acids is 1. The fourth-order valence-corrected chi connectivity index (χ4v) is 3.67. The van der Waals surface area contributed by atoms with E-state index in [1.807, 2.05) is 6.92 Å². The van der Waals surface area contributed by atoms with Crippen LogP contribution in [0.25, 0.3) is 0 Å². The fraction of sp³-hybridized carbons (Fsp3) is 0.529. The minimum atomic E-state index is -1.14. The van der Waals surface area contributed by atoms with Crippen LogP contribution in [0.5, 0.6) is 0 Å². The molecule has 1 aromatic carbocycles. The molecule has 2 heterocycles. The van der Waals surface area contributed by atoms with E-state index in [9.17, 15) is 24.8 Å². The Morgan fingerprint density at radius 2 is 2.08 bits per heavy atom. The first kappa shape index (κ1) is 18.3. The molecule has 2 saturated heterocycles. The molecule has 3 rings (SSSR count). The first-order valence-corrected chi connectivity index (χ1v) is 8.55. The van der Waals surface area contributed by atoms with Gasteiger partial charge in [0.2, 0.25) is 0 Å². The number of ether oxygens (including phenoxy) is 1. The van der Waals surface area contributed by atoms with E-state index in [4.69, 9.17) is 4.74 Å². The second-order valence-corrected chi connectivity index (χ2v) is 6.53. The minimum Gasteiger partial charge on any atom is -0.480 e. The van der Waals surface area contributed by atoms with Gasteiger partial charge in [0.15, 0.2) is 6.04 Å². The summed E-state index contributed by atoms with van der Waals surface area (Å²) in [5.74, 6) is -1.69. The van der Waals surface area contributed by atoms with Crippen molar-refractivity contribution in [1.29, 1.82) is 0 Å². The maximum atomic E-state index is 13.1. The predicted molar refractivity (Wildman–Crippen MR) is 90.7 cm³/mol. The molecular weight excluding hydrogens is 342 g/mol. The molecule has 1 amide bonds. The molecule has 9 nitrogen and oxygen atoms in total. The Morgan fingerprint density at radius 1 is 1.38 bits per heavy atom. The van der Waals surface area contributed by atoms with E-state index in [1.165, 1.54) is 29.2 Å². The van der Waals surface area contributed by atoms with Crippen LogP contribution < -0.4 is 0 Å². The lowest BCUT2D eigenvalue weighted by molar-refractivity contribution is -0.384. The van der Waals surface area contributed by atoms with Crippen molar-refractivity contribution in [3.8, 4) is 0 Å². The molecule has 0 aromatic heterocycles. The predicted octanol–water partition coefficient (Wildman–Crippen LogP) is 1.33. The molecule has 0 radical (unpaired) electrons. The standard InChI is InChI=1S/C17H21N3O6/c1-2-18-8-6-17(7-9-18)19(14(11-26-17)16(22)23)15(21)12-4-3-5-13(10-12)20(24)25/h3-5,10,14H,2,6-9,11H2,1H3,(H,22,23)/t14-/m1/s1. The minimum absolute atomic E-state index is 0.0812. The van der Waals surface area contributed by atoms with Gasteiger partial charge in [-0.3, -0.25) is 19.8 Å². The Kier molecular flexibility index (Phi) is 4.92. The SMILES string of the molecule is CCN1CCC2(CC1)OC[C@H](C(=O)O)N2C(=O)c1cccc([N+](=O)[O-])c1. The molecular formula is C17H21N3O6. The normalized spacial score (nSPS) is 22.5. The van der Waals surface area contributed by atoms with Gasteiger partial charge in [-0.2, -0.15) is 0 Å². The highest BCUT2D eigenvalue weighted by atomic mass is 16.6. The third-order valence-electron chi connectivity index (χ3n) is 5.15. The van der Waals surface area contributed by atoms with Crippen LogP contribution in [0.15, 0.2) is 24.3 Å². The monoisotopic (exact) mass is 363 g/mol. The maximum absolute atomic E-state index is 13.1. The van der Waals surface area contributed by atoms with E-state index in [-0.39, 0.29) is 17.9 Å². The van der Waals surface area contributed by atoms with Crippen LogP contribution in [-0.2, 0) is 9.53 Å². The van der Waals surface area contributed by atoms with Gasteiger partial charge in [-0.1, -0.05) is 13.0 Å². The highest BCUT2D eigenvalue weighted by Crippen LogP contribution is 2.38. The quantitative estimate of drug-likeness (QED) is 0.634. The molecule has 0 bridgehead atoms. The first-order chi connectivity index (χ1) is 12.4. The van der Waals surface area contributed by atoms with Crippen LogP contribution in [0.2, 0.25) is 0 Å². The second-order valence-electron chi connectivity index (χ2n) is 6.53. The molecule has 2 fully saturated rings. The zero-order valence-electron chi connectivity index (χ0n) is 14.5. The van der Waals surface area contributed by atoms with Crippen molar-refractivity contribution in [3.05, 3.63) is 39.9 Å². The zero-order chi connectivity index (χ0) is 18.9. The number of amides is 1. The fourth-order valence-electron chi connectivity index (χ4n) is 3.67. The first-order valence-electron chi connectivity index (χ1n) is 8.55. The number of non-ortho nitro benzene ring substituents is 1. The van der Waals surface area contributed by atoms with Gasteiger partial charge >= 0.3 is 5.97 Å². The second kappa shape index (κ2) is 7.00. The number of benzene rings is 1. The number of aliphatic carboxylic acids is 1. The smallest absolute Gasteiger partial charge is 0.328 e. The van der Waals surface area contributed by atoms with Crippen LogP contribution in [0.1, 0.15) is 30.1 Å². The number of carboxylic acid groups (broad SMARTS) is 1. The van der Waals surface area contributed by atoms with Gasteiger partial charge < -0.3 is 14.7 Å². The van der Waals surface area contributed by atoms with Crippen molar-refractivity contribution in [1.82, 2.24) is 9.80 Å². The van der Waals surface area contributed by atoms with Crippen molar-refractivity contribution in [2.45, 2.75) is 31.5 Å². The summed E-state index contributed by atoms with van der Waals surface area (Å²) >= 11 is 0. The summed E-state index contributed by atoms with van der Waals surface area (Å²) in [6.07, 6.45) is 1.01. The Labute approximate surface area is 150 Å². The number of nitro groups is 1. The molecule has 0 aliphatic carbocycles. The number of piperidine rings is 1. The van der Waals surface area contributed by atoms with Crippen molar-refractivity contribution in [2.24, 2.45) is 0 Å². The number of rotatable bonds is 4. The van der Waals surface area contributed by atoms with Crippen LogP contribution in [0.4, 0.5) is 5.69 Å². The third kappa shape index (κ3) is 3.15. The molecule has 26 heavy (non-hydrogen) atoms. The van der Waals surface area contributed by atoms with Crippen molar-refractivity contribution in [2.75, 3.05) is 26.2 Å². The molecule has 140 valence electrons. The summed E-state index contributed by atoms with van der Waals surface area (Å²) in [5.41, 5.74) is -1.10. The van der Waals surface area contributed by atoms with E-state index in [2.05, 4.69) is 4.90 Å². The molecule has 0 saturated carbocycles. The van der Waals surface area contributed by atoms with Gasteiger partial charge in [0.05, 0.1) is 11.5 Å². The van der Waals surface area contributed by atoms with Crippen LogP contribution in [0, 0.1) is 10.1 Å². The van der Waals surface area contributed by atoms with Crippen LogP contribution in [-0.4, -0.2) is 69.7 Å². The highest BCUT2D eigenvalue weighted by molar-refractivity contribution is 5.98. The van der Waals surface area contributed by atoms with Gasteiger partial charge in [-0.05, 0) is 12.6 Å². The number of hydrogen-bond acceptors (Lipinski definition) is 6. The Morgan fingerprint density at radius 3 is 2.65 bits per heavy atom. The molecule has 2 aliphatic rings. The molecule has 2 aliphatic heterocycles. The van der Waals surface area contributed by atoms with Crippen LogP contribution >= 0.6 is 0 Å². The molecule has 1 aromatic rings. The van der Waals surface area contributed by atoms with Gasteiger partial charge in [-0.25, -0.2) is 4.79 Å². The molecule has 1 atom stereocenters. The summed E-state index contributed by atoms with van der Waals surface area (Å²) in [4.78, 5) is 38.7. The number of carbonyl (C=O) groups excluding carboxylic acids is 1. The maximum Gasteiger partial charge on any atom is 0.328 e. The molecule has 9 heteroatoms. The van der Waals surface area contributed by atoms with E-state index in [0.717, 1.165) is 6.54 Å². The molecule has 0 unspecified atom stereocenters.